The average molecular weight is 233 g/mol. The van der Waals surface area contributed by atoms with Crippen molar-refractivity contribution in [3.8, 4) is 0 Å². The monoisotopic (exact) mass is 232 g/mol. The Labute approximate surface area is 93.7 Å². The number of rotatable bonds is 5. The van der Waals surface area contributed by atoms with Gasteiger partial charge in [-0.1, -0.05) is 12.1 Å². The second kappa shape index (κ2) is 7.17. The first kappa shape index (κ1) is 13.8. The maximum Gasteiger partial charge on any atom is 0.269 e. The van der Waals surface area contributed by atoms with Crippen molar-refractivity contribution >= 4 is 18.1 Å². The largest absolute Gasteiger partial charge is 0.395 e. The summed E-state index contributed by atoms with van der Waals surface area (Å²) in [7, 11) is 0. The van der Waals surface area contributed by atoms with E-state index in [1.165, 1.54) is 12.1 Å². The first-order chi connectivity index (χ1) is 6.74. The molecule has 5 nitrogen and oxygen atoms in total. The van der Waals surface area contributed by atoms with Gasteiger partial charge in [0.2, 0.25) is 0 Å². The summed E-state index contributed by atoms with van der Waals surface area (Å²) in [6, 6.07) is 6.42. The third-order valence-electron chi connectivity index (χ3n) is 1.74. The van der Waals surface area contributed by atoms with Gasteiger partial charge < -0.3 is 10.4 Å². The van der Waals surface area contributed by atoms with Gasteiger partial charge in [0.15, 0.2) is 0 Å². The number of aliphatic hydroxyl groups excluding tert-OH is 1. The number of non-ortho nitro benzene ring substituents is 1. The van der Waals surface area contributed by atoms with Crippen LogP contribution in [0, 0.1) is 10.1 Å². The fraction of sp³-hybridized carbons (Fsp3) is 0.333. The van der Waals surface area contributed by atoms with Gasteiger partial charge in [0.1, 0.15) is 0 Å². The van der Waals surface area contributed by atoms with E-state index >= 15 is 0 Å². The highest BCUT2D eigenvalue weighted by Gasteiger charge is 2.04. The summed E-state index contributed by atoms with van der Waals surface area (Å²) in [4.78, 5) is 10.0. The van der Waals surface area contributed by atoms with E-state index in [1.54, 1.807) is 12.1 Å². The zero-order valence-corrected chi connectivity index (χ0v) is 8.87. The molecule has 0 aliphatic rings. The molecule has 0 atom stereocenters. The van der Waals surface area contributed by atoms with Crippen LogP contribution in [-0.4, -0.2) is 23.2 Å². The number of nitrogens with zero attached hydrogens (tertiary/aromatic N) is 1. The van der Waals surface area contributed by atoms with Crippen molar-refractivity contribution in [3.05, 3.63) is 39.9 Å². The summed E-state index contributed by atoms with van der Waals surface area (Å²) in [5.41, 5.74) is 0.931. The molecule has 1 rings (SSSR count). The van der Waals surface area contributed by atoms with Gasteiger partial charge >= 0.3 is 0 Å². The highest BCUT2D eigenvalue weighted by Crippen LogP contribution is 2.12. The molecule has 15 heavy (non-hydrogen) atoms. The molecule has 0 radical (unpaired) electrons. The van der Waals surface area contributed by atoms with Crippen molar-refractivity contribution < 1.29 is 10.0 Å². The zero-order valence-electron chi connectivity index (χ0n) is 8.05. The van der Waals surface area contributed by atoms with Crippen LogP contribution in [-0.2, 0) is 6.54 Å². The van der Waals surface area contributed by atoms with Gasteiger partial charge in [-0.25, -0.2) is 0 Å². The summed E-state index contributed by atoms with van der Waals surface area (Å²) in [6.45, 7) is 1.08. The third kappa shape index (κ3) is 4.73. The molecule has 84 valence electrons. The minimum Gasteiger partial charge on any atom is -0.395 e. The molecule has 0 saturated carbocycles. The van der Waals surface area contributed by atoms with Gasteiger partial charge in [-0.3, -0.25) is 10.1 Å². The number of nitrogens with one attached hydrogen (secondary N) is 1. The minimum absolute atomic E-state index is 0. The number of aliphatic hydroxyl groups is 1. The van der Waals surface area contributed by atoms with E-state index in [4.69, 9.17) is 5.11 Å². The number of halogens is 1. The third-order valence-corrected chi connectivity index (χ3v) is 1.74. The van der Waals surface area contributed by atoms with Crippen LogP contribution in [0.15, 0.2) is 24.3 Å². The molecule has 1 aromatic carbocycles. The molecule has 0 bridgehead atoms. The van der Waals surface area contributed by atoms with E-state index in [1.807, 2.05) is 0 Å². The highest BCUT2D eigenvalue weighted by atomic mass is 35.5. The number of nitro groups is 1. The summed E-state index contributed by atoms with van der Waals surface area (Å²) in [5.74, 6) is 0. The quantitative estimate of drug-likeness (QED) is 0.453. The molecule has 0 amide bonds. The maximum absolute atomic E-state index is 10.4. The zero-order chi connectivity index (χ0) is 10.4. The second-order valence-electron chi connectivity index (χ2n) is 2.83. The van der Waals surface area contributed by atoms with Crippen LogP contribution < -0.4 is 5.32 Å². The summed E-state index contributed by atoms with van der Waals surface area (Å²) in [6.07, 6.45) is 0. The van der Waals surface area contributed by atoms with E-state index in [0.717, 1.165) is 5.56 Å². The smallest absolute Gasteiger partial charge is 0.269 e. The number of hydrogen-bond acceptors (Lipinski definition) is 4. The minimum atomic E-state index is -0.421. The van der Waals surface area contributed by atoms with E-state index < -0.39 is 4.92 Å². The summed E-state index contributed by atoms with van der Waals surface area (Å²) >= 11 is 0. The molecular formula is C9H13ClN2O3. The number of nitro benzene ring substituents is 1. The van der Waals surface area contributed by atoms with Crippen molar-refractivity contribution in [2.75, 3.05) is 13.2 Å². The van der Waals surface area contributed by atoms with Crippen LogP contribution in [0.5, 0.6) is 0 Å². The lowest BCUT2D eigenvalue weighted by atomic mass is 10.2. The van der Waals surface area contributed by atoms with Gasteiger partial charge in [0.25, 0.3) is 5.69 Å². The number of benzene rings is 1. The summed E-state index contributed by atoms with van der Waals surface area (Å²) < 4.78 is 0. The number of hydrogen-bond donors (Lipinski definition) is 2. The maximum atomic E-state index is 10.4. The Morgan fingerprint density at radius 2 is 2.20 bits per heavy atom. The highest BCUT2D eigenvalue weighted by molar-refractivity contribution is 5.85. The Balaban J connectivity index is 0.00000196. The Morgan fingerprint density at radius 3 is 2.80 bits per heavy atom. The second-order valence-corrected chi connectivity index (χ2v) is 2.83. The lowest BCUT2D eigenvalue weighted by Crippen LogP contribution is -2.17. The molecule has 0 aromatic heterocycles. The van der Waals surface area contributed by atoms with Crippen molar-refractivity contribution in [1.29, 1.82) is 0 Å². The van der Waals surface area contributed by atoms with Crippen LogP contribution in [0.25, 0.3) is 0 Å². The molecule has 0 unspecified atom stereocenters. The molecule has 0 spiro atoms. The van der Waals surface area contributed by atoms with E-state index in [2.05, 4.69) is 5.32 Å². The molecule has 1 aromatic rings. The van der Waals surface area contributed by atoms with Gasteiger partial charge in [-0.05, 0) is 5.56 Å². The Morgan fingerprint density at radius 1 is 1.47 bits per heavy atom. The van der Waals surface area contributed by atoms with Crippen LogP contribution in [0.2, 0.25) is 0 Å². The Kier molecular flexibility index (Phi) is 6.61. The van der Waals surface area contributed by atoms with Crippen LogP contribution in [0.3, 0.4) is 0 Å². The molecule has 0 aliphatic carbocycles. The fourth-order valence-electron chi connectivity index (χ4n) is 1.09. The topological polar surface area (TPSA) is 75.4 Å². The first-order valence-electron chi connectivity index (χ1n) is 4.29. The van der Waals surface area contributed by atoms with Crippen LogP contribution in [0.1, 0.15) is 5.56 Å². The van der Waals surface area contributed by atoms with E-state index in [0.29, 0.717) is 13.1 Å². The van der Waals surface area contributed by atoms with Crippen molar-refractivity contribution in [2.24, 2.45) is 0 Å². The molecule has 0 heterocycles. The lowest BCUT2D eigenvalue weighted by Gasteiger charge is -2.02. The normalized spacial score (nSPS) is 9.40. The van der Waals surface area contributed by atoms with E-state index in [-0.39, 0.29) is 24.7 Å². The Bertz CT molecular complexity index is 320. The van der Waals surface area contributed by atoms with Crippen LogP contribution >= 0.6 is 12.4 Å². The first-order valence-corrected chi connectivity index (χ1v) is 4.29. The SMILES string of the molecule is Cl.O=[N+]([O-])c1cccc(CNCCO)c1. The standard InChI is InChI=1S/C9H12N2O3.ClH/c12-5-4-10-7-8-2-1-3-9(6-8)11(13)14;/h1-3,6,10,12H,4-5,7H2;1H. The molecule has 0 aliphatic heterocycles. The molecule has 0 fully saturated rings. The van der Waals surface area contributed by atoms with Crippen molar-refractivity contribution in [3.63, 3.8) is 0 Å². The predicted octanol–water partition coefficient (Wildman–Crippen LogP) is 1.10. The average Bonchev–Trinajstić information content (AvgIpc) is 2.19. The predicted molar refractivity (Wildman–Crippen MR) is 59.1 cm³/mol. The van der Waals surface area contributed by atoms with Gasteiger partial charge in [-0.15, -0.1) is 12.4 Å². The molecular weight excluding hydrogens is 220 g/mol. The molecule has 2 N–H and O–H groups in total. The fourth-order valence-corrected chi connectivity index (χ4v) is 1.09. The van der Waals surface area contributed by atoms with Crippen LogP contribution in [0.4, 0.5) is 5.69 Å². The van der Waals surface area contributed by atoms with Crippen molar-refractivity contribution in [1.82, 2.24) is 5.32 Å². The van der Waals surface area contributed by atoms with Gasteiger partial charge in [0.05, 0.1) is 11.5 Å². The molecule has 0 saturated heterocycles. The summed E-state index contributed by atoms with van der Waals surface area (Å²) in [5, 5.41) is 21.9. The van der Waals surface area contributed by atoms with Gasteiger partial charge in [0, 0.05) is 25.2 Å². The van der Waals surface area contributed by atoms with E-state index in [9.17, 15) is 10.1 Å². The van der Waals surface area contributed by atoms with Crippen molar-refractivity contribution in [2.45, 2.75) is 6.54 Å². The Hall–Kier alpha value is -1.17. The lowest BCUT2D eigenvalue weighted by molar-refractivity contribution is -0.384. The van der Waals surface area contributed by atoms with Gasteiger partial charge in [-0.2, -0.15) is 0 Å². The molecule has 6 heteroatoms.